The lowest BCUT2D eigenvalue weighted by Crippen LogP contribution is -2.47. The van der Waals surface area contributed by atoms with E-state index in [4.69, 9.17) is 0 Å². The molecule has 0 fully saturated rings. The second-order valence-electron chi connectivity index (χ2n) is 4.88. The van der Waals surface area contributed by atoms with Crippen LogP contribution in [0.5, 0.6) is 0 Å². The molecule has 0 heterocycles. The molecule has 0 unspecified atom stereocenters. The minimum atomic E-state index is -4.28. The second-order valence-corrected chi connectivity index (χ2v) is 6.26. The third-order valence-electron chi connectivity index (χ3n) is 3.96. The van der Waals surface area contributed by atoms with Gasteiger partial charge < -0.3 is 9.04 Å². The molecule has 1 aromatic carbocycles. The summed E-state index contributed by atoms with van der Waals surface area (Å²) in [7, 11) is -4.28. The number of hydrogen-bond donors (Lipinski definition) is 0. The highest BCUT2D eigenvalue weighted by atomic mass is 32.2. The van der Waals surface area contributed by atoms with E-state index >= 15 is 0 Å². The van der Waals surface area contributed by atoms with E-state index in [1.54, 1.807) is 19.1 Å². The summed E-state index contributed by atoms with van der Waals surface area (Å²) in [5.74, 6) is 0. The molecule has 116 valence electrons. The van der Waals surface area contributed by atoms with Crippen LogP contribution < -0.4 is 0 Å². The summed E-state index contributed by atoms with van der Waals surface area (Å²) >= 11 is 0. The largest absolute Gasteiger partial charge is 0.744 e. The molecule has 20 heavy (non-hydrogen) atoms. The van der Waals surface area contributed by atoms with Gasteiger partial charge in [0.15, 0.2) is 0 Å². The molecule has 0 aliphatic carbocycles. The Hall–Kier alpha value is -0.910. The summed E-state index contributed by atoms with van der Waals surface area (Å²) < 4.78 is 32.6. The van der Waals surface area contributed by atoms with Crippen LogP contribution in [0.1, 0.15) is 33.3 Å². The Labute approximate surface area is 123 Å². The first-order valence-corrected chi connectivity index (χ1v) is 8.53. The van der Waals surface area contributed by atoms with Gasteiger partial charge in [0.25, 0.3) is 0 Å². The minimum Gasteiger partial charge on any atom is -0.744 e. The van der Waals surface area contributed by atoms with E-state index in [0.717, 1.165) is 5.56 Å². The lowest BCUT2D eigenvalue weighted by molar-refractivity contribution is -0.921. The van der Waals surface area contributed by atoms with Crippen molar-refractivity contribution in [3.63, 3.8) is 0 Å². The number of benzene rings is 1. The maximum Gasteiger partial charge on any atom is 0.124 e. The van der Waals surface area contributed by atoms with Gasteiger partial charge in [-0.3, -0.25) is 0 Å². The molecular weight excluding hydrogens is 274 g/mol. The Bertz CT molecular complexity index is 476. The van der Waals surface area contributed by atoms with Crippen molar-refractivity contribution in [3.05, 3.63) is 29.8 Å². The van der Waals surface area contributed by atoms with Crippen molar-refractivity contribution >= 4 is 10.1 Å². The van der Waals surface area contributed by atoms with Gasteiger partial charge in [0.1, 0.15) is 10.1 Å². The lowest BCUT2D eigenvalue weighted by atomic mass is 10.2. The molecule has 0 radical (unpaired) electrons. The van der Waals surface area contributed by atoms with E-state index in [1.165, 1.54) is 42.8 Å². The fraction of sp³-hybridized carbons (Fsp3) is 0.600. The van der Waals surface area contributed by atoms with Gasteiger partial charge in [-0.1, -0.05) is 12.1 Å². The first-order chi connectivity index (χ1) is 9.24. The SMILES string of the molecule is CC[N+](CC)(CC)CC.Cc1cccc(S(=O)(=O)[O-])c1. The molecule has 0 spiro atoms. The van der Waals surface area contributed by atoms with E-state index in [1.807, 2.05) is 0 Å². The van der Waals surface area contributed by atoms with Gasteiger partial charge in [0.05, 0.1) is 31.1 Å². The minimum absolute atomic E-state index is 0.169. The average molecular weight is 301 g/mol. The zero-order chi connectivity index (χ0) is 15.8. The topological polar surface area (TPSA) is 57.2 Å². The van der Waals surface area contributed by atoms with Crippen LogP contribution in [-0.4, -0.2) is 43.6 Å². The van der Waals surface area contributed by atoms with Crippen molar-refractivity contribution in [2.24, 2.45) is 0 Å². The summed E-state index contributed by atoms with van der Waals surface area (Å²) in [5, 5.41) is 0. The number of nitrogens with zero attached hydrogens (tertiary/aromatic N) is 1. The number of hydrogen-bond acceptors (Lipinski definition) is 3. The molecule has 0 atom stereocenters. The summed E-state index contributed by atoms with van der Waals surface area (Å²) in [6.45, 7) is 16.0. The summed E-state index contributed by atoms with van der Waals surface area (Å²) in [5.41, 5.74) is 0.766. The molecular formula is C15H27NO3S. The molecule has 0 aliphatic heterocycles. The third kappa shape index (κ3) is 6.03. The van der Waals surface area contributed by atoms with Crippen LogP contribution in [0.15, 0.2) is 29.2 Å². The Morgan fingerprint density at radius 1 is 1.00 bits per heavy atom. The highest BCUT2D eigenvalue weighted by Crippen LogP contribution is 2.09. The van der Waals surface area contributed by atoms with Crippen molar-refractivity contribution in [1.29, 1.82) is 0 Å². The highest BCUT2D eigenvalue weighted by Gasteiger charge is 2.16. The number of quaternary nitrogens is 1. The fourth-order valence-corrected chi connectivity index (χ4v) is 2.69. The second kappa shape index (κ2) is 8.39. The van der Waals surface area contributed by atoms with E-state index in [0.29, 0.717) is 0 Å². The van der Waals surface area contributed by atoms with Gasteiger partial charge in [-0.2, -0.15) is 0 Å². The molecule has 1 rings (SSSR count). The van der Waals surface area contributed by atoms with Gasteiger partial charge in [-0.15, -0.1) is 0 Å². The predicted octanol–water partition coefficient (Wildman–Crippen LogP) is 2.78. The van der Waals surface area contributed by atoms with Gasteiger partial charge in [0, 0.05) is 0 Å². The molecule has 5 heteroatoms. The first-order valence-electron chi connectivity index (χ1n) is 7.12. The van der Waals surface area contributed by atoms with Gasteiger partial charge in [-0.25, -0.2) is 8.42 Å². The third-order valence-corrected chi connectivity index (χ3v) is 4.79. The van der Waals surface area contributed by atoms with Crippen LogP contribution in [0.2, 0.25) is 0 Å². The maximum absolute atomic E-state index is 10.4. The Balaban J connectivity index is 0.000000370. The van der Waals surface area contributed by atoms with Crippen molar-refractivity contribution in [2.75, 3.05) is 26.2 Å². The molecule has 0 saturated carbocycles. The molecule has 0 aromatic heterocycles. The molecule has 0 bridgehead atoms. The molecule has 0 N–H and O–H groups in total. The Kier molecular flexibility index (Phi) is 8.01. The number of aryl methyl sites for hydroxylation is 1. The van der Waals surface area contributed by atoms with Crippen LogP contribution >= 0.6 is 0 Å². The molecule has 0 saturated heterocycles. The monoisotopic (exact) mass is 301 g/mol. The summed E-state index contributed by atoms with van der Waals surface area (Å²) in [4.78, 5) is -0.169. The van der Waals surface area contributed by atoms with Crippen molar-refractivity contribution in [2.45, 2.75) is 39.5 Å². The molecule has 0 aliphatic rings. The van der Waals surface area contributed by atoms with Crippen LogP contribution in [0.3, 0.4) is 0 Å². The molecule has 4 nitrogen and oxygen atoms in total. The predicted molar refractivity (Wildman–Crippen MR) is 81.6 cm³/mol. The Morgan fingerprint density at radius 3 is 1.65 bits per heavy atom. The zero-order valence-electron chi connectivity index (χ0n) is 13.2. The quantitative estimate of drug-likeness (QED) is 0.620. The summed E-state index contributed by atoms with van der Waals surface area (Å²) in [6.07, 6.45) is 0. The smallest absolute Gasteiger partial charge is 0.124 e. The highest BCUT2D eigenvalue weighted by molar-refractivity contribution is 7.85. The van der Waals surface area contributed by atoms with Gasteiger partial charge in [0.2, 0.25) is 0 Å². The van der Waals surface area contributed by atoms with Gasteiger partial charge in [-0.05, 0) is 52.3 Å². The van der Waals surface area contributed by atoms with E-state index in [2.05, 4.69) is 27.7 Å². The average Bonchev–Trinajstić information content (AvgIpc) is 2.42. The van der Waals surface area contributed by atoms with Crippen LogP contribution in [-0.2, 0) is 10.1 Å². The van der Waals surface area contributed by atoms with E-state index in [9.17, 15) is 13.0 Å². The summed E-state index contributed by atoms with van der Waals surface area (Å²) in [6, 6.07) is 5.91. The normalized spacial score (nSPS) is 11.7. The van der Waals surface area contributed by atoms with Crippen LogP contribution in [0.4, 0.5) is 0 Å². The molecule has 0 amide bonds. The maximum atomic E-state index is 10.4. The van der Waals surface area contributed by atoms with Crippen LogP contribution in [0, 0.1) is 6.92 Å². The van der Waals surface area contributed by atoms with Crippen LogP contribution in [0.25, 0.3) is 0 Å². The van der Waals surface area contributed by atoms with Crippen molar-refractivity contribution in [1.82, 2.24) is 0 Å². The zero-order valence-corrected chi connectivity index (χ0v) is 14.0. The van der Waals surface area contributed by atoms with E-state index in [-0.39, 0.29) is 4.90 Å². The fourth-order valence-electron chi connectivity index (χ4n) is 2.11. The Morgan fingerprint density at radius 2 is 1.45 bits per heavy atom. The lowest BCUT2D eigenvalue weighted by Gasteiger charge is -2.34. The molecule has 1 aromatic rings. The standard InChI is InChI=1S/C8H20N.C7H8O3S/c1-5-9(6-2,7-3)8-4;1-6-3-2-4-7(5-6)11(8,9)10/h5-8H2,1-4H3;2-5H,1H3,(H,8,9,10)/q+1;/p-1. The van der Waals surface area contributed by atoms with Crippen molar-refractivity contribution < 1.29 is 17.5 Å². The first kappa shape index (κ1) is 19.1. The number of rotatable bonds is 5. The van der Waals surface area contributed by atoms with E-state index < -0.39 is 10.1 Å². The van der Waals surface area contributed by atoms with Crippen molar-refractivity contribution in [3.8, 4) is 0 Å². The van der Waals surface area contributed by atoms with Gasteiger partial charge >= 0.3 is 0 Å².